The number of nitrogens with zero attached hydrogens (tertiary/aromatic N) is 5. The molecule has 1 N–H and O–H groups in total. The van der Waals surface area contributed by atoms with Crippen molar-refractivity contribution in [3.8, 4) is 5.69 Å². The Balaban J connectivity index is 1.14. The lowest BCUT2D eigenvalue weighted by Crippen LogP contribution is -2.47. The average molecular weight is 485 g/mol. The van der Waals surface area contributed by atoms with E-state index in [4.69, 9.17) is 11.6 Å². The van der Waals surface area contributed by atoms with Crippen LogP contribution in [0.5, 0.6) is 0 Å². The lowest BCUT2D eigenvalue weighted by Gasteiger charge is -2.36. The van der Waals surface area contributed by atoms with Gasteiger partial charge in [-0.25, -0.2) is 0 Å². The van der Waals surface area contributed by atoms with Crippen molar-refractivity contribution >= 4 is 35.0 Å². The molecule has 1 aliphatic heterocycles. The van der Waals surface area contributed by atoms with Crippen LogP contribution < -0.4 is 10.2 Å². The number of thioether (sulfide) groups is 1. The van der Waals surface area contributed by atoms with E-state index in [1.807, 2.05) is 29.7 Å². The van der Waals surface area contributed by atoms with Gasteiger partial charge in [0.15, 0.2) is 5.16 Å². The third kappa shape index (κ3) is 6.50. The fraction of sp³-hybridized carbons (Fsp3) is 0.375. The molecular weight excluding hydrogens is 456 g/mol. The Morgan fingerprint density at radius 2 is 1.88 bits per heavy atom. The largest absolute Gasteiger partial charge is 0.369 e. The number of piperazine rings is 1. The van der Waals surface area contributed by atoms with Crippen LogP contribution in [0.1, 0.15) is 12.0 Å². The highest BCUT2D eigenvalue weighted by Gasteiger charge is 2.16. The van der Waals surface area contributed by atoms with Crippen molar-refractivity contribution in [1.29, 1.82) is 0 Å². The minimum absolute atomic E-state index is 0.00499. The van der Waals surface area contributed by atoms with Crippen LogP contribution in [0.3, 0.4) is 0 Å². The molecule has 1 aliphatic rings. The van der Waals surface area contributed by atoms with Crippen LogP contribution in [0.15, 0.2) is 60.0 Å². The van der Waals surface area contributed by atoms with Gasteiger partial charge in [0.25, 0.3) is 0 Å². The molecule has 1 saturated heterocycles. The van der Waals surface area contributed by atoms with Gasteiger partial charge in [0.2, 0.25) is 5.91 Å². The fourth-order valence-corrected chi connectivity index (χ4v) is 4.75. The first-order valence-electron chi connectivity index (χ1n) is 11.2. The second kappa shape index (κ2) is 11.5. The Bertz CT molecular complexity index is 1050. The van der Waals surface area contributed by atoms with Crippen molar-refractivity contribution in [3.05, 3.63) is 65.4 Å². The highest BCUT2D eigenvalue weighted by molar-refractivity contribution is 7.99. The van der Waals surface area contributed by atoms with Crippen LogP contribution in [-0.4, -0.2) is 70.6 Å². The Morgan fingerprint density at radius 3 is 2.64 bits per heavy atom. The second-order valence-corrected chi connectivity index (χ2v) is 9.42. The predicted molar refractivity (Wildman–Crippen MR) is 135 cm³/mol. The molecule has 0 spiro atoms. The highest BCUT2D eigenvalue weighted by atomic mass is 35.5. The predicted octanol–water partition coefficient (Wildman–Crippen LogP) is 3.65. The zero-order valence-corrected chi connectivity index (χ0v) is 20.4. The van der Waals surface area contributed by atoms with Crippen molar-refractivity contribution in [1.82, 2.24) is 25.0 Å². The minimum atomic E-state index is 0.00499. The number of aromatic nitrogens is 3. The van der Waals surface area contributed by atoms with Crippen LogP contribution in [0.2, 0.25) is 5.02 Å². The number of carbonyl (C=O) groups is 1. The smallest absolute Gasteiger partial charge is 0.230 e. The molecule has 3 aromatic rings. The molecule has 0 saturated carbocycles. The molecule has 9 heteroatoms. The summed E-state index contributed by atoms with van der Waals surface area (Å²) >= 11 is 7.61. The van der Waals surface area contributed by atoms with Gasteiger partial charge >= 0.3 is 0 Å². The molecule has 0 unspecified atom stereocenters. The monoisotopic (exact) mass is 484 g/mol. The maximum atomic E-state index is 12.3. The van der Waals surface area contributed by atoms with E-state index in [1.165, 1.54) is 17.4 Å². The number of hydrogen-bond donors (Lipinski definition) is 1. The third-order valence-electron chi connectivity index (χ3n) is 5.75. The van der Waals surface area contributed by atoms with Crippen molar-refractivity contribution in [2.75, 3.05) is 49.9 Å². The molecule has 4 rings (SSSR count). The summed E-state index contributed by atoms with van der Waals surface area (Å²) in [6.45, 7) is 7.83. The second-order valence-electron chi connectivity index (χ2n) is 8.07. The highest BCUT2D eigenvalue weighted by Crippen LogP contribution is 2.23. The van der Waals surface area contributed by atoms with Gasteiger partial charge in [0.1, 0.15) is 6.33 Å². The summed E-state index contributed by atoms with van der Waals surface area (Å²) in [4.78, 5) is 17.2. The number of amides is 1. The van der Waals surface area contributed by atoms with E-state index in [2.05, 4.69) is 55.6 Å². The van der Waals surface area contributed by atoms with Gasteiger partial charge in [0.05, 0.1) is 11.4 Å². The van der Waals surface area contributed by atoms with E-state index in [9.17, 15) is 4.79 Å². The van der Waals surface area contributed by atoms with E-state index in [0.717, 1.165) is 50.4 Å². The summed E-state index contributed by atoms with van der Waals surface area (Å²) < 4.78 is 1.85. The summed E-state index contributed by atoms with van der Waals surface area (Å²) in [6.07, 6.45) is 2.58. The average Bonchev–Trinajstić information content (AvgIpc) is 3.32. The maximum absolute atomic E-state index is 12.3. The fourth-order valence-electron chi connectivity index (χ4n) is 3.81. The zero-order chi connectivity index (χ0) is 23.0. The summed E-state index contributed by atoms with van der Waals surface area (Å²) in [5, 5.41) is 12.5. The van der Waals surface area contributed by atoms with Gasteiger partial charge in [-0.1, -0.05) is 47.6 Å². The zero-order valence-electron chi connectivity index (χ0n) is 18.8. The first-order chi connectivity index (χ1) is 16.1. The van der Waals surface area contributed by atoms with Crippen molar-refractivity contribution in [3.63, 3.8) is 0 Å². The molecule has 174 valence electrons. The van der Waals surface area contributed by atoms with Gasteiger partial charge in [-0.3, -0.25) is 14.3 Å². The van der Waals surface area contributed by atoms with E-state index < -0.39 is 0 Å². The van der Waals surface area contributed by atoms with E-state index in [0.29, 0.717) is 22.5 Å². The number of para-hydroxylation sites is 1. The lowest BCUT2D eigenvalue weighted by atomic mass is 10.2. The van der Waals surface area contributed by atoms with Crippen LogP contribution in [0, 0.1) is 6.92 Å². The Labute approximate surface area is 204 Å². The Kier molecular flexibility index (Phi) is 8.25. The standard InChI is InChI=1S/C24H29ClN6OS/c1-19-8-9-21(16-22(19)25)31-18-27-28-24(31)33-17-23(32)26-10-5-11-29-12-14-30(15-13-29)20-6-3-2-4-7-20/h2-4,6-9,16,18H,5,10-15,17H2,1H3,(H,26,32). The molecule has 7 nitrogen and oxygen atoms in total. The van der Waals surface area contributed by atoms with Gasteiger partial charge in [-0.05, 0) is 49.7 Å². The van der Waals surface area contributed by atoms with E-state index >= 15 is 0 Å². The summed E-state index contributed by atoms with van der Waals surface area (Å²) in [5.74, 6) is 0.305. The summed E-state index contributed by atoms with van der Waals surface area (Å²) in [5.41, 5.74) is 3.19. The number of halogens is 1. The molecule has 0 aliphatic carbocycles. The SMILES string of the molecule is Cc1ccc(-n2cnnc2SCC(=O)NCCCN2CCN(c3ccccc3)CC2)cc1Cl. The lowest BCUT2D eigenvalue weighted by molar-refractivity contribution is -0.118. The van der Waals surface area contributed by atoms with Crippen molar-refractivity contribution < 1.29 is 4.79 Å². The van der Waals surface area contributed by atoms with Gasteiger partial charge in [-0.2, -0.15) is 0 Å². The normalized spacial score (nSPS) is 14.4. The third-order valence-corrected chi connectivity index (χ3v) is 7.10. The topological polar surface area (TPSA) is 66.3 Å². The van der Waals surface area contributed by atoms with Crippen LogP contribution in [0.25, 0.3) is 5.69 Å². The number of rotatable bonds is 9. The molecular formula is C24H29ClN6OS. The molecule has 1 aromatic heterocycles. The first-order valence-corrected chi connectivity index (χ1v) is 12.5. The summed E-state index contributed by atoms with van der Waals surface area (Å²) in [7, 11) is 0. The molecule has 1 amide bonds. The number of anilines is 1. The van der Waals surface area contributed by atoms with Gasteiger partial charge in [0, 0.05) is 43.4 Å². The van der Waals surface area contributed by atoms with Gasteiger partial charge < -0.3 is 10.2 Å². The first kappa shape index (κ1) is 23.6. The number of carbonyl (C=O) groups excluding carboxylic acids is 1. The number of nitrogens with one attached hydrogen (secondary N) is 1. The molecule has 0 radical (unpaired) electrons. The van der Waals surface area contributed by atoms with Crippen molar-refractivity contribution in [2.24, 2.45) is 0 Å². The van der Waals surface area contributed by atoms with Gasteiger partial charge in [-0.15, -0.1) is 10.2 Å². The Morgan fingerprint density at radius 1 is 1.09 bits per heavy atom. The molecule has 0 bridgehead atoms. The number of benzene rings is 2. The maximum Gasteiger partial charge on any atom is 0.230 e. The minimum Gasteiger partial charge on any atom is -0.369 e. The quantitative estimate of drug-likeness (QED) is 0.369. The van der Waals surface area contributed by atoms with Crippen molar-refractivity contribution in [2.45, 2.75) is 18.5 Å². The molecule has 2 aromatic carbocycles. The van der Waals surface area contributed by atoms with Crippen LogP contribution >= 0.6 is 23.4 Å². The van der Waals surface area contributed by atoms with Crippen LogP contribution in [0.4, 0.5) is 5.69 Å². The Hall–Kier alpha value is -2.55. The molecule has 33 heavy (non-hydrogen) atoms. The van der Waals surface area contributed by atoms with Crippen LogP contribution in [-0.2, 0) is 4.79 Å². The molecule has 2 heterocycles. The van der Waals surface area contributed by atoms with E-state index in [1.54, 1.807) is 6.33 Å². The number of aryl methyl sites for hydroxylation is 1. The summed E-state index contributed by atoms with van der Waals surface area (Å²) in [6, 6.07) is 16.4. The number of hydrogen-bond acceptors (Lipinski definition) is 6. The molecule has 0 atom stereocenters. The van der Waals surface area contributed by atoms with E-state index in [-0.39, 0.29) is 5.91 Å². The molecule has 1 fully saturated rings.